The van der Waals surface area contributed by atoms with E-state index in [2.05, 4.69) is 21.2 Å². The second kappa shape index (κ2) is 5.12. The predicted molar refractivity (Wildman–Crippen MR) is 67.6 cm³/mol. The minimum absolute atomic E-state index is 0.0404. The highest BCUT2D eigenvalue weighted by atomic mass is 79.9. The summed E-state index contributed by atoms with van der Waals surface area (Å²) in [6, 6.07) is 1.90. The number of rotatable bonds is 3. The van der Waals surface area contributed by atoms with Crippen LogP contribution in [0.25, 0.3) is 0 Å². The third kappa shape index (κ3) is 2.53. The van der Waals surface area contributed by atoms with Crippen molar-refractivity contribution in [1.29, 1.82) is 0 Å². The molecular formula is C11H12BrNO2S. The number of hydrogen-bond donors (Lipinski definition) is 2. The lowest BCUT2D eigenvalue weighted by molar-refractivity contribution is 0.0944. The molecule has 0 aliphatic heterocycles. The van der Waals surface area contributed by atoms with E-state index in [0.29, 0.717) is 4.88 Å². The maximum absolute atomic E-state index is 11.9. The monoisotopic (exact) mass is 301 g/mol. The third-order valence-electron chi connectivity index (χ3n) is 2.55. The van der Waals surface area contributed by atoms with E-state index in [1.54, 1.807) is 0 Å². The molecule has 1 aromatic heterocycles. The Bertz CT molecular complexity index is 416. The fraction of sp³-hybridized carbons (Fsp3) is 0.364. The number of hydrogen-bond acceptors (Lipinski definition) is 3. The van der Waals surface area contributed by atoms with Gasteiger partial charge in [-0.3, -0.25) is 4.79 Å². The van der Waals surface area contributed by atoms with E-state index in [9.17, 15) is 4.79 Å². The van der Waals surface area contributed by atoms with Crippen molar-refractivity contribution in [2.75, 3.05) is 6.61 Å². The fourth-order valence-corrected chi connectivity index (χ4v) is 3.16. The molecule has 0 fully saturated rings. The standard InChI is InChI=1S/C11H12BrNO2S/c12-9-3-4-16-10(9)11(15)13-8-2-1-7(5-8)6-14/h1-4,7-8,14H,5-6H2,(H,13,15)/t7-,8+/m0/s1. The van der Waals surface area contributed by atoms with Crippen molar-refractivity contribution in [1.82, 2.24) is 5.32 Å². The summed E-state index contributed by atoms with van der Waals surface area (Å²) in [5.74, 6) is 0.118. The molecule has 1 heterocycles. The molecule has 0 saturated heterocycles. The van der Waals surface area contributed by atoms with Gasteiger partial charge in [0.05, 0.1) is 0 Å². The highest BCUT2D eigenvalue weighted by Crippen LogP contribution is 2.23. The maximum Gasteiger partial charge on any atom is 0.262 e. The van der Waals surface area contributed by atoms with E-state index in [1.165, 1.54) is 11.3 Å². The quantitative estimate of drug-likeness (QED) is 0.841. The molecule has 0 aromatic carbocycles. The summed E-state index contributed by atoms with van der Waals surface area (Å²) in [6.07, 6.45) is 4.68. The number of thiophene rings is 1. The summed E-state index contributed by atoms with van der Waals surface area (Å²) in [7, 11) is 0. The number of nitrogens with one attached hydrogen (secondary N) is 1. The maximum atomic E-state index is 11.9. The average molecular weight is 302 g/mol. The summed E-state index contributed by atoms with van der Waals surface area (Å²) in [4.78, 5) is 12.5. The molecule has 0 bridgehead atoms. The van der Waals surface area contributed by atoms with Gasteiger partial charge in [-0.2, -0.15) is 0 Å². The first kappa shape index (κ1) is 11.8. The van der Waals surface area contributed by atoms with Crippen LogP contribution in [0.5, 0.6) is 0 Å². The molecule has 2 N–H and O–H groups in total. The van der Waals surface area contributed by atoms with E-state index in [4.69, 9.17) is 5.11 Å². The molecule has 2 rings (SSSR count). The molecular weight excluding hydrogens is 290 g/mol. The van der Waals surface area contributed by atoms with Gasteiger partial charge in [0.15, 0.2) is 0 Å². The van der Waals surface area contributed by atoms with Crippen LogP contribution >= 0.6 is 27.3 Å². The van der Waals surface area contributed by atoms with Gasteiger partial charge >= 0.3 is 0 Å². The van der Waals surface area contributed by atoms with Gasteiger partial charge in [0.2, 0.25) is 0 Å². The van der Waals surface area contributed by atoms with Crippen LogP contribution < -0.4 is 5.32 Å². The van der Waals surface area contributed by atoms with Gasteiger partial charge in [0.25, 0.3) is 5.91 Å². The molecule has 0 spiro atoms. The van der Waals surface area contributed by atoms with E-state index < -0.39 is 0 Å². The minimum atomic E-state index is -0.0601. The zero-order valence-electron chi connectivity index (χ0n) is 8.52. The Hall–Kier alpha value is -0.650. The fourth-order valence-electron chi connectivity index (χ4n) is 1.71. The number of amides is 1. The molecule has 1 aliphatic rings. The second-order valence-electron chi connectivity index (χ2n) is 3.74. The minimum Gasteiger partial charge on any atom is -0.396 e. The lowest BCUT2D eigenvalue weighted by atomic mass is 10.1. The number of aliphatic hydroxyl groups excluding tert-OH is 1. The van der Waals surface area contributed by atoms with Crippen LogP contribution in [0.1, 0.15) is 16.1 Å². The summed E-state index contributed by atoms with van der Waals surface area (Å²) in [5.41, 5.74) is 0. The zero-order valence-corrected chi connectivity index (χ0v) is 10.9. The van der Waals surface area contributed by atoms with Crippen LogP contribution in [0, 0.1) is 5.92 Å². The Morgan fingerprint density at radius 3 is 3.00 bits per heavy atom. The largest absolute Gasteiger partial charge is 0.396 e. The first-order valence-corrected chi connectivity index (χ1v) is 6.71. The first-order valence-electron chi connectivity index (χ1n) is 5.03. The molecule has 86 valence electrons. The molecule has 1 amide bonds. The summed E-state index contributed by atoms with van der Waals surface area (Å²) < 4.78 is 0.829. The Balaban J connectivity index is 1.95. The van der Waals surface area contributed by atoms with Crippen LogP contribution in [-0.2, 0) is 0 Å². The van der Waals surface area contributed by atoms with Crippen LogP contribution in [-0.4, -0.2) is 23.7 Å². The molecule has 3 nitrogen and oxygen atoms in total. The predicted octanol–water partition coefficient (Wildman–Crippen LogP) is 2.18. The third-order valence-corrected chi connectivity index (χ3v) is 4.38. The highest BCUT2D eigenvalue weighted by Gasteiger charge is 2.21. The number of halogens is 1. The number of aliphatic hydroxyl groups is 1. The normalized spacial score (nSPS) is 23.6. The van der Waals surface area contributed by atoms with Gasteiger partial charge in [0.1, 0.15) is 4.88 Å². The topological polar surface area (TPSA) is 49.3 Å². The van der Waals surface area contributed by atoms with Crippen molar-refractivity contribution in [3.8, 4) is 0 Å². The highest BCUT2D eigenvalue weighted by molar-refractivity contribution is 9.10. The van der Waals surface area contributed by atoms with Crippen molar-refractivity contribution < 1.29 is 9.90 Å². The molecule has 2 atom stereocenters. The molecule has 1 aromatic rings. The van der Waals surface area contributed by atoms with E-state index in [1.807, 2.05) is 23.6 Å². The average Bonchev–Trinajstić information content (AvgIpc) is 2.86. The van der Waals surface area contributed by atoms with Gasteiger partial charge in [-0.25, -0.2) is 0 Å². The van der Waals surface area contributed by atoms with Gasteiger partial charge in [0, 0.05) is 23.0 Å². The van der Waals surface area contributed by atoms with Crippen molar-refractivity contribution >= 4 is 33.2 Å². The van der Waals surface area contributed by atoms with Crippen LogP contribution in [0.3, 0.4) is 0 Å². The molecule has 0 radical (unpaired) electrons. The zero-order chi connectivity index (χ0) is 11.5. The first-order chi connectivity index (χ1) is 7.70. The van der Waals surface area contributed by atoms with Gasteiger partial charge in [-0.15, -0.1) is 11.3 Å². The van der Waals surface area contributed by atoms with Crippen molar-refractivity contribution in [3.63, 3.8) is 0 Å². The lowest BCUT2D eigenvalue weighted by Crippen LogP contribution is -2.32. The lowest BCUT2D eigenvalue weighted by Gasteiger charge is -2.12. The SMILES string of the molecule is O=C(N[C@@H]1C=C[C@H](CO)C1)c1sccc1Br. The second-order valence-corrected chi connectivity index (χ2v) is 5.51. The molecule has 5 heteroatoms. The number of carbonyl (C=O) groups excluding carboxylic acids is 1. The van der Waals surface area contributed by atoms with Crippen LogP contribution in [0.2, 0.25) is 0 Å². The summed E-state index contributed by atoms with van der Waals surface area (Å²) in [6.45, 7) is 0.144. The molecule has 0 saturated carbocycles. The van der Waals surface area contributed by atoms with Crippen LogP contribution in [0.4, 0.5) is 0 Å². The Labute approximate surface area is 106 Å². The Morgan fingerprint density at radius 2 is 2.44 bits per heavy atom. The Kier molecular flexibility index (Phi) is 3.78. The van der Waals surface area contributed by atoms with Crippen molar-refractivity contribution in [2.45, 2.75) is 12.5 Å². The smallest absolute Gasteiger partial charge is 0.262 e. The van der Waals surface area contributed by atoms with E-state index in [-0.39, 0.29) is 24.5 Å². The molecule has 16 heavy (non-hydrogen) atoms. The Morgan fingerprint density at radius 1 is 1.62 bits per heavy atom. The summed E-state index contributed by atoms with van der Waals surface area (Å²) >= 11 is 4.75. The van der Waals surface area contributed by atoms with Gasteiger partial charge in [-0.1, -0.05) is 12.2 Å². The van der Waals surface area contributed by atoms with Crippen molar-refractivity contribution in [3.05, 3.63) is 32.9 Å². The van der Waals surface area contributed by atoms with Gasteiger partial charge < -0.3 is 10.4 Å². The van der Waals surface area contributed by atoms with Gasteiger partial charge in [-0.05, 0) is 33.8 Å². The number of carbonyl (C=O) groups is 1. The van der Waals surface area contributed by atoms with E-state index >= 15 is 0 Å². The van der Waals surface area contributed by atoms with E-state index in [0.717, 1.165) is 10.9 Å². The van der Waals surface area contributed by atoms with Crippen LogP contribution in [0.15, 0.2) is 28.1 Å². The summed E-state index contributed by atoms with van der Waals surface area (Å²) in [5, 5.41) is 13.8. The molecule has 1 aliphatic carbocycles. The van der Waals surface area contributed by atoms with Crippen molar-refractivity contribution in [2.24, 2.45) is 5.92 Å². The molecule has 0 unspecified atom stereocenters.